The monoisotopic (exact) mass is 595 g/mol. The van der Waals surface area contributed by atoms with E-state index < -0.39 is 12.0 Å². The van der Waals surface area contributed by atoms with Crippen LogP contribution in [-0.2, 0) is 44.8 Å². The molecule has 0 fully saturated rings. The van der Waals surface area contributed by atoms with Gasteiger partial charge in [0, 0.05) is 37.7 Å². The Kier molecular flexibility index (Phi) is 12.7. The predicted molar refractivity (Wildman–Crippen MR) is 166 cm³/mol. The predicted octanol–water partition coefficient (Wildman–Crippen LogP) is 2.56. The molecule has 2 aliphatic heterocycles. The lowest BCUT2D eigenvalue weighted by atomic mass is 9.89. The van der Waals surface area contributed by atoms with Gasteiger partial charge in [0.1, 0.15) is 5.69 Å². The summed E-state index contributed by atoms with van der Waals surface area (Å²) >= 11 is 0. The van der Waals surface area contributed by atoms with Crippen molar-refractivity contribution in [2.45, 2.75) is 65.1 Å². The van der Waals surface area contributed by atoms with Gasteiger partial charge in [0.05, 0.1) is 18.5 Å². The number of benzene rings is 2. The quantitative estimate of drug-likeness (QED) is 0.110. The van der Waals surface area contributed by atoms with Gasteiger partial charge in [-0.15, -0.1) is 0 Å². The summed E-state index contributed by atoms with van der Waals surface area (Å²) in [6.45, 7) is 5.88. The first-order valence-corrected chi connectivity index (χ1v) is 14.8. The van der Waals surface area contributed by atoms with Gasteiger partial charge in [0.2, 0.25) is 11.8 Å². The lowest BCUT2D eigenvalue weighted by Gasteiger charge is -2.17. The zero-order valence-corrected chi connectivity index (χ0v) is 25.3. The fourth-order valence-corrected chi connectivity index (χ4v) is 5.32. The number of methoxy groups -OCH3 is 1. The number of nitrogens with one attached hydrogen (secondary N) is 1. The van der Waals surface area contributed by atoms with Crippen molar-refractivity contribution in [3.8, 4) is 0 Å². The molecule has 2 heterocycles. The highest BCUT2D eigenvalue weighted by Gasteiger charge is 2.32. The van der Waals surface area contributed by atoms with E-state index in [4.69, 9.17) is 10.8 Å². The van der Waals surface area contributed by atoms with Crippen LogP contribution in [0.4, 0.5) is 17.1 Å². The van der Waals surface area contributed by atoms with E-state index in [-0.39, 0.29) is 29.9 Å². The number of anilines is 2. The summed E-state index contributed by atoms with van der Waals surface area (Å²) in [6, 6.07) is 9.31. The molecule has 2 aromatic carbocycles. The van der Waals surface area contributed by atoms with Crippen molar-refractivity contribution >= 4 is 41.9 Å². The molecular weight excluding hydrogens is 553 g/mol. The Bertz CT molecular complexity index is 1320. The summed E-state index contributed by atoms with van der Waals surface area (Å²) in [5.74, 6) is -0.250. The van der Waals surface area contributed by atoms with Crippen LogP contribution in [0.1, 0.15) is 54.9 Å². The van der Waals surface area contributed by atoms with Gasteiger partial charge in [-0.25, -0.2) is 0 Å². The van der Waals surface area contributed by atoms with Gasteiger partial charge < -0.3 is 30.5 Å². The number of ether oxygens (including phenoxy) is 1. The van der Waals surface area contributed by atoms with E-state index in [1.807, 2.05) is 31.2 Å². The van der Waals surface area contributed by atoms with Crippen LogP contribution < -0.4 is 20.8 Å². The average Bonchev–Trinajstić information content (AvgIpc) is 3.62. The number of hydrogen-bond donors (Lipinski definition) is 3. The van der Waals surface area contributed by atoms with Crippen molar-refractivity contribution in [3.63, 3.8) is 0 Å². The van der Waals surface area contributed by atoms with E-state index >= 15 is 0 Å². The molecule has 2 amide bonds. The molecule has 0 unspecified atom stereocenters. The summed E-state index contributed by atoms with van der Waals surface area (Å²) in [4.78, 5) is 50.0. The van der Waals surface area contributed by atoms with Crippen LogP contribution in [0, 0.1) is 10.1 Å². The summed E-state index contributed by atoms with van der Waals surface area (Å²) < 4.78 is 4.68. The van der Waals surface area contributed by atoms with Gasteiger partial charge in [-0.3, -0.25) is 24.5 Å². The highest BCUT2D eigenvalue weighted by atomic mass is 16.6. The third-order valence-corrected chi connectivity index (χ3v) is 7.53. The van der Waals surface area contributed by atoms with Gasteiger partial charge in [-0.1, -0.05) is 25.1 Å². The second-order valence-electron chi connectivity index (χ2n) is 10.7. The smallest absolute Gasteiger partial charge is 0.373 e. The van der Waals surface area contributed by atoms with Crippen LogP contribution in [0.25, 0.3) is 0 Å². The van der Waals surface area contributed by atoms with E-state index in [1.54, 1.807) is 22.7 Å². The molecule has 0 radical (unpaired) electrons. The topological polar surface area (TPSA) is 168 Å². The number of carbonyl (C=O) groups excluding carboxylic acids is 3. The van der Waals surface area contributed by atoms with E-state index in [1.165, 1.54) is 7.11 Å². The van der Waals surface area contributed by atoms with Gasteiger partial charge in [-0.2, -0.15) is 0 Å². The number of nitrogens with two attached hydrogens (primary N) is 1. The maximum Gasteiger partial charge on any atom is 0.373 e. The highest BCUT2D eigenvalue weighted by Crippen LogP contribution is 2.38. The van der Waals surface area contributed by atoms with E-state index in [9.17, 15) is 24.5 Å². The molecule has 0 saturated heterocycles. The molecule has 13 heteroatoms. The third kappa shape index (κ3) is 9.09. The Morgan fingerprint density at radius 1 is 1.05 bits per heavy atom. The molecular formula is C30H42BN5O7. The van der Waals surface area contributed by atoms with Crippen LogP contribution in [0.5, 0.6) is 0 Å². The molecule has 12 nitrogen and oxygen atoms in total. The van der Waals surface area contributed by atoms with Crippen LogP contribution in [-0.4, -0.2) is 68.1 Å². The fraction of sp³-hybridized carbons (Fsp3) is 0.500. The number of rotatable bonds is 12. The number of nitro groups is 1. The van der Waals surface area contributed by atoms with Gasteiger partial charge in [0.25, 0.3) is 5.69 Å². The lowest BCUT2D eigenvalue weighted by molar-refractivity contribution is -0.384. The SMILES string of the molecule is CCc1cc2c(c([N+](=O)[O-])c1)N(C(=O)CCCN)CC2.COC(=O)Cc1ccc2c(c1)CCN2C(=O)CCCNB(C)O. The molecule has 4 rings (SSSR count). The number of nitrogens with zero attached hydrogens (tertiary/aromatic N) is 3. The van der Waals surface area contributed by atoms with Crippen LogP contribution in [0.2, 0.25) is 6.82 Å². The molecule has 0 saturated carbocycles. The van der Waals surface area contributed by atoms with Crippen LogP contribution >= 0.6 is 0 Å². The molecule has 0 aliphatic carbocycles. The Balaban J connectivity index is 0.000000238. The normalized spacial score (nSPS) is 13.1. The summed E-state index contributed by atoms with van der Waals surface area (Å²) in [5, 5.41) is 23.3. The molecule has 0 bridgehead atoms. The molecule has 0 atom stereocenters. The van der Waals surface area contributed by atoms with E-state index in [2.05, 4.69) is 9.96 Å². The zero-order chi connectivity index (χ0) is 31.5. The van der Waals surface area contributed by atoms with Gasteiger partial charge in [-0.05, 0) is 80.3 Å². The standard InChI is InChI=1S/C16H23BN2O4.C14H19N3O3/c1-17(22)18-8-3-4-15(20)19-9-7-13-10-12(5-6-14(13)19)11-16(21)23-2;1-2-10-8-11-5-7-16(13(18)4-3-6-15)14(11)12(9-10)17(19)20/h5-6,10,18,22H,3-4,7-9,11H2,1-2H3;8-9H,2-7,15H2,1H3. The minimum Gasteiger partial charge on any atom is -0.469 e. The van der Waals surface area contributed by atoms with E-state index in [0.717, 1.165) is 40.8 Å². The first kappa shape index (κ1) is 33.7. The van der Waals surface area contributed by atoms with Crippen molar-refractivity contribution in [2.75, 3.05) is 43.1 Å². The van der Waals surface area contributed by atoms with Crippen molar-refractivity contribution in [1.82, 2.24) is 5.23 Å². The fourth-order valence-electron chi connectivity index (χ4n) is 5.32. The van der Waals surface area contributed by atoms with Crippen LogP contribution in [0.3, 0.4) is 0 Å². The maximum absolute atomic E-state index is 12.3. The summed E-state index contributed by atoms with van der Waals surface area (Å²) in [6.07, 6.45) is 4.56. The Hall–Kier alpha value is -3.81. The second-order valence-corrected chi connectivity index (χ2v) is 10.7. The highest BCUT2D eigenvalue weighted by molar-refractivity contribution is 6.45. The van der Waals surface area contributed by atoms with Crippen molar-refractivity contribution in [3.05, 3.63) is 62.7 Å². The molecule has 2 aromatic rings. The van der Waals surface area contributed by atoms with Gasteiger partial charge in [0.15, 0.2) is 0 Å². The molecule has 0 aromatic heterocycles. The maximum atomic E-state index is 12.3. The van der Waals surface area contributed by atoms with Crippen LogP contribution in [0.15, 0.2) is 30.3 Å². The zero-order valence-electron chi connectivity index (χ0n) is 25.3. The number of aryl methyl sites for hydroxylation is 1. The first-order valence-electron chi connectivity index (χ1n) is 14.8. The van der Waals surface area contributed by atoms with Crippen molar-refractivity contribution in [1.29, 1.82) is 0 Å². The minimum atomic E-state index is -0.550. The number of fused-ring (bicyclic) bond motifs is 2. The third-order valence-electron chi connectivity index (χ3n) is 7.53. The summed E-state index contributed by atoms with van der Waals surface area (Å²) in [7, 11) is 0.827. The number of nitro benzene ring substituents is 1. The second kappa shape index (κ2) is 16.2. The number of hydrogen-bond acceptors (Lipinski definition) is 9. The van der Waals surface area contributed by atoms with Gasteiger partial charge >= 0.3 is 13.0 Å². The Labute approximate surface area is 252 Å². The van der Waals surface area contributed by atoms with E-state index in [0.29, 0.717) is 64.0 Å². The lowest BCUT2D eigenvalue weighted by Crippen LogP contribution is -2.33. The number of amides is 2. The number of esters is 1. The van der Waals surface area contributed by atoms with Crippen molar-refractivity contribution < 1.29 is 29.1 Å². The van der Waals surface area contributed by atoms with Crippen molar-refractivity contribution in [2.24, 2.45) is 5.73 Å². The molecule has 0 spiro atoms. The molecule has 4 N–H and O–H groups in total. The minimum absolute atomic E-state index is 0.0398. The largest absolute Gasteiger partial charge is 0.469 e. The number of carbonyl (C=O) groups is 3. The molecule has 2 aliphatic rings. The Morgan fingerprint density at radius 2 is 1.70 bits per heavy atom. The Morgan fingerprint density at radius 3 is 2.35 bits per heavy atom. The average molecular weight is 596 g/mol. The first-order chi connectivity index (χ1) is 20.6. The molecule has 43 heavy (non-hydrogen) atoms. The summed E-state index contributed by atoms with van der Waals surface area (Å²) in [5.41, 5.74) is 10.7. The molecule has 232 valence electrons.